The summed E-state index contributed by atoms with van der Waals surface area (Å²) < 4.78 is 24.0. The first-order valence-corrected chi connectivity index (χ1v) is 7.74. The lowest BCUT2D eigenvalue weighted by molar-refractivity contribution is 0.102. The number of phosphoric acid groups is 1. The van der Waals surface area contributed by atoms with Crippen LogP contribution in [0.5, 0.6) is 0 Å². The van der Waals surface area contributed by atoms with E-state index in [1.165, 1.54) is 0 Å². The topological polar surface area (TPSA) is 153 Å². The van der Waals surface area contributed by atoms with Gasteiger partial charge in [-0.05, 0) is 12.8 Å². The Morgan fingerprint density at radius 2 is 1.25 bits per heavy atom. The van der Waals surface area contributed by atoms with Crippen LogP contribution in [0.4, 0.5) is 0 Å². The second-order valence-electron chi connectivity index (χ2n) is 4.12. The van der Waals surface area contributed by atoms with Crippen LogP contribution in [-0.4, -0.2) is 76.7 Å². The van der Waals surface area contributed by atoms with Crippen molar-refractivity contribution in [3.63, 3.8) is 0 Å². The lowest BCUT2D eigenvalue weighted by Gasteiger charge is -1.95. The molecule has 0 aromatic heterocycles. The van der Waals surface area contributed by atoms with Crippen molar-refractivity contribution in [2.45, 2.75) is 25.0 Å². The fraction of sp³-hybridized carbons (Fsp3) is 1.00. The molecule has 0 aliphatic carbocycles. The predicted octanol–water partition coefficient (Wildman–Crippen LogP) is -1.38. The maximum atomic E-state index is 8.88. The van der Waals surface area contributed by atoms with Crippen molar-refractivity contribution in [1.82, 2.24) is 0 Å². The van der Waals surface area contributed by atoms with Crippen LogP contribution >= 0.6 is 7.82 Å². The number of rotatable bonds is 7. The minimum Gasteiger partial charge on any atom is -0.396 e. The highest BCUT2D eigenvalue weighted by molar-refractivity contribution is 7.45. The molecule has 2 aliphatic rings. The summed E-state index contributed by atoms with van der Waals surface area (Å²) in [5, 5.41) is 16.2. The van der Waals surface area contributed by atoms with E-state index in [4.69, 9.17) is 43.7 Å². The first kappa shape index (κ1) is 19.9. The highest BCUT2D eigenvalue weighted by Crippen LogP contribution is 2.25. The minimum absolute atomic E-state index is 0.195. The molecule has 0 saturated carbocycles. The molecular weight excluding hydrogens is 295 g/mol. The Bertz CT molecular complexity index is 237. The zero-order chi connectivity index (χ0) is 15.4. The molecule has 0 bridgehead atoms. The van der Waals surface area contributed by atoms with E-state index in [1.807, 2.05) is 0 Å². The Hall–Kier alpha value is -0.0900. The summed E-state index contributed by atoms with van der Waals surface area (Å²) in [5.74, 6) is 0. The molecule has 2 fully saturated rings. The largest absolute Gasteiger partial charge is 0.466 e. The first-order valence-electron chi connectivity index (χ1n) is 6.17. The molecule has 0 radical (unpaired) electrons. The van der Waals surface area contributed by atoms with Crippen LogP contribution in [0.3, 0.4) is 0 Å². The van der Waals surface area contributed by atoms with Gasteiger partial charge in [0.25, 0.3) is 0 Å². The van der Waals surface area contributed by atoms with Gasteiger partial charge in [0.15, 0.2) is 0 Å². The molecule has 0 spiro atoms. The second-order valence-corrected chi connectivity index (χ2v) is 5.14. The third-order valence-corrected chi connectivity index (χ3v) is 1.98. The van der Waals surface area contributed by atoms with Gasteiger partial charge in [0.05, 0.1) is 26.4 Å². The first-order chi connectivity index (χ1) is 9.36. The molecule has 122 valence electrons. The van der Waals surface area contributed by atoms with Gasteiger partial charge in [-0.25, -0.2) is 4.57 Å². The van der Waals surface area contributed by atoms with Crippen molar-refractivity contribution in [2.75, 3.05) is 39.6 Å². The van der Waals surface area contributed by atoms with Gasteiger partial charge in [-0.15, -0.1) is 0 Å². The van der Waals surface area contributed by atoms with E-state index in [0.717, 1.165) is 39.3 Å². The summed E-state index contributed by atoms with van der Waals surface area (Å²) in [4.78, 5) is 21.6. The van der Waals surface area contributed by atoms with Crippen LogP contribution in [0.25, 0.3) is 0 Å². The molecule has 2 unspecified atom stereocenters. The Morgan fingerprint density at radius 3 is 1.45 bits per heavy atom. The Morgan fingerprint density at radius 1 is 0.950 bits per heavy atom. The van der Waals surface area contributed by atoms with Crippen LogP contribution < -0.4 is 0 Å². The van der Waals surface area contributed by atoms with Gasteiger partial charge in [0, 0.05) is 13.2 Å². The molecule has 2 aliphatic heterocycles. The minimum atomic E-state index is -4.64. The van der Waals surface area contributed by atoms with Crippen molar-refractivity contribution in [3.8, 4) is 0 Å². The van der Waals surface area contributed by atoms with Gasteiger partial charge in [-0.2, -0.15) is 0 Å². The number of aliphatic hydroxyl groups is 2. The molecule has 10 heteroatoms. The van der Waals surface area contributed by atoms with E-state index < -0.39 is 7.82 Å². The fourth-order valence-electron chi connectivity index (χ4n) is 0.883. The molecule has 2 saturated heterocycles. The van der Waals surface area contributed by atoms with Crippen molar-refractivity contribution in [3.05, 3.63) is 0 Å². The van der Waals surface area contributed by atoms with Crippen LogP contribution in [0.2, 0.25) is 0 Å². The number of hydrogen-bond donors (Lipinski definition) is 5. The molecule has 2 rings (SSSR count). The average Bonchev–Trinajstić information content (AvgIpc) is 3.18. The van der Waals surface area contributed by atoms with E-state index in [9.17, 15) is 0 Å². The second kappa shape index (κ2) is 11.6. The molecule has 20 heavy (non-hydrogen) atoms. The quantitative estimate of drug-likeness (QED) is 0.217. The molecule has 0 aromatic carbocycles. The Balaban J connectivity index is 0.000000291. The van der Waals surface area contributed by atoms with E-state index in [2.05, 4.69) is 0 Å². The van der Waals surface area contributed by atoms with Crippen LogP contribution in [-0.2, 0) is 18.8 Å². The average molecular weight is 318 g/mol. The summed E-state index contributed by atoms with van der Waals surface area (Å²) in [7, 11) is -4.64. The third-order valence-electron chi connectivity index (χ3n) is 1.98. The van der Waals surface area contributed by atoms with E-state index in [1.54, 1.807) is 0 Å². The highest BCUT2D eigenvalue weighted by Gasteiger charge is 2.26. The van der Waals surface area contributed by atoms with Crippen LogP contribution in [0, 0.1) is 0 Å². The van der Waals surface area contributed by atoms with Gasteiger partial charge in [-0.1, -0.05) is 0 Å². The predicted molar refractivity (Wildman–Crippen MR) is 68.0 cm³/mol. The molecule has 2 atom stereocenters. The standard InChI is InChI=1S/C6H10O3.C4H10O2.H3O4P/c1(5-3-8-5)7-2-6-4-9-6;5-3-1-2-4-6;1-5(2,3)4/h5-6H,1-4H2;5-6H,1-4H2;(H3,1,2,3,4). The lowest BCUT2D eigenvalue weighted by atomic mass is 10.3. The maximum Gasteiger partial charge on any atom is 0.466 e. The molecule has 0 aromatic rings. The summed E-state index contributed by atoms with van der Waals surface area (Å²) in [5.41, 5.74) is 0. The maximum absolute atomic E-state index is 8.88. The summed E-state index contributed by atoms with van der Waals surface area (Å²) in [6.07, 6.45) is 2.22. The van der Waals surface area contributed by atoms with Crippen molar-refractivity contribution in [2.24, 2.45) is 0 Å². The molecule has 0 amide bonds. The SMILES string of the molecule is C(OCC1CO1)C1CO1.O=P(O)(O)O.OCCCCO. The third kappa shape index (κ3) is 23.0. The van der Waals surface area contributed by atoms with Gasteiger partial charge in [0.2, 0.25) is 0 Å². The Labute approximate surface area is 117 Å². The van der Waals surface area contributed by atoms with E-state index in [-0.39, 0.29) is 13.2 Å². The number of ether oxygens (including phenoxy) is 3. The smallest absolute Gasteiger partial charge is 0.396 e. The monoisotopic (exact) mass is 318 g/mol. The Kier molecular flexibility index (Phi) is 11.5. The lowest BCUT2D eigenvalue weighted by Crippen LogP contribution is -2.06. The van der Waals surface area contributed by atoms with Crippen LogP contribution in [0.1, 0.15) is 12.8 Å². The van der Waals surface area contributed by atoms with E-state index in [0.29, 0.717) is 12.2 Å². The van der Waals surface area contributed by atoms with Crippen LogP contribution in [0.15, 0.2) is 0 Å². The van der Waals surface area contributed by atoms with E-state index >= 15 is 0 Å². The number of unbranched alkanes of at least 4 members (excludes halogenated alkanes) is 1. The number of aliphatic hydroxyl groups excluding tert-OH is 2. The molecular formula is C10H23O9P. The molecule has 9 nitrogen and oxygen atoms in total. The van der Waals surface area contributed by atoms with Crippen molar-refractivity contribution >= 4 is 7.82 Å². The normalized spacial score (nSPS) is 23.1. The summed E-state index contributed by atoms with van der Waals surface area (Å²) in [6.45, 7) is 3.65. The molecule has 2 heterocycles. The summed E-state index contributed by atoms with van der Waals surface area (Å²) >= 11 is 0. The summed E-state index contributed by atoms with van der Waals surface area (Å²) in [6, 6.07) is 0. The number of hydrogen-bond acceptors (Lipinski definition) is 6. The van der Waals surface area contributed by atoms with Crippen molar-refractivity contribution in [1.29, 1.82) is 0 Å². The van der Waals surface area contributed by atoms with Gasteiger partial charge >= 0.3 is 7.82 Å². The van der Waals surface area contributed by atoms with Crippen molar-refractivity contribution < 1.29 is 43.7 Å². The zero-order valence-corrected chi connectivity index (χ0v) is 12.0. The zero-order valence-electron chi connectivity index (χ0n) is 11.1. The highest BCUT2D eigenvalue weighted by atomic mass is 31.2. The van der Waals surface area contributed by atoms with Gasteiger partial charge in [0.1, 0.15) is 12.2 Å². The van der Waals surface area contributed by atoms with Gasteiger partial charge in [-0.3, -0.25) is 0 Å². The van der Waals surface area contributed by atoms with Gasteiger partial charge < -0.3 is 39.1 Å². The number of epoxide rings is 2. The molecule has 5 N–H and O–H groups in total. The fourth-order valence-corrected chi connectivity index (χ4v) is 0.883.